The smallest absolute Gasteiger partial charge is 0.335 e. The van der Waals surface area contributed by atoms with Crippen molar-refractivity contribution in [2.75, 3.05) is 31.5 Å². The predicted molar refractivity (Wildman–Crippen MR) is 202 cm³/mol. The van der Waals surface area contributed by atoms with Gasteiger partial charge in [-0.2, -0.15) is 0 Å². The molecule has 0 aliphatic carbocycles. The number of carbonyl (C=O) groups is 4. The van der Waals surface area contributed by atoms with Crippen LogP contribution in [-0.2, 0) is 25.7 Å². The minimum absolute atomic E-state index is 0.00257. The van der Waals surface area contributed by atoms with Crippen molar-refractivity contribution in [3.63, 3.8) is 0 Å². The number of unbranched alkanes of at least 4 members (excludes halogenated alkanes) is 1. The molecule has 3 heterocycles. The van der Waals surface area contributed by atoms with Crippen molar-refractivity contribution in [1.29, 1.82) is 0 Å². The molecule has 300 valence electrons. The summed E-state index contributed by atoms with van der Waals surface area (Å²) in [5.74, 6) is -1.62. The Labute approximate surface area is 324 Å². The number of aliphatic hydroxyl groups is 3. The number of likely N-dealkylation sites (tertiary alicyclic amines) is 1. The molecule has 1 aromatic heterocycles. The van der Waals surface area contributed by atoms with Gasteiger partial charge in [-0.1, -0.05) is 18.9 Å². The molecule has 2 fully saturated rings. The lowest BCUT2D eigenvalue weighted by molar-refractivity contribution is -0.688. The average molecular weight is 777 g/mol. The Morgan fingerprint density at radius 1 is 0.982 bits per heavy atom. The van der Waals surface area contributed by atoms with Crippen LogP contribution >= 0.6 is 0 Å². The normalized spacial score (nSPS) is 21.4. The van der Waals surface area contributed by atoms with Gasteiger partial charge in [0.25, 0.3) is 5.91 Å². The average Bonchev–Trinajstić information content (AvgIpc) is 3.18. The van der Waals surface area contributed by atoms with Gasteiger partial charge in [-0.3, -0.25) is 14.4 Å². The van der Waals surface area contributed by atoms with Crippen molar-refractivity contribution in [3.8, 4) is 11.5 Å². The molecule has 0 bridgehead atoms. The van der Waals surface area contributed by atoms with E-state index in [0.717, 1.165) is 43.2 Å². The first kappa shape index (κ1) is 41.8. The summed E-state index contributed by atoms with van der Waals surface area (Å²) in [7, 11) is 0. The van der Waals surface area contributed by atoms with E-state index >= 15 is 0 Å². The molecule has 3 amide bonds. The number of rotatable bonds is 16. The van der Waals surface area contributed by atoms with Gasteiger partial charge in [0.2, 0.25) is 18.1 Å². The number of hydrogen-bond donors (Lipinski definition) is 8. The molecule has 16 nitrogen and oxygen atoms in total. The summed E-state index contributed by atoms with van der Waals surface area (Å²) in [6, 6.07) is 14.9. The number of nitrogens with one attached hydrogen (secondary N) is 2. The number of carboxylic acids is 1. The lowest BCUT2D eigenvalue weighted by Gasteiger charge is -2.38. The van der Waals surface area contributed by atoms with Crippen LogP contribution in [0.25, 0.3) is 6.08 Å². The number of aromatic nitrogens is 1. The molecule has 0 saturated carbocycles. The van der Waals surface area contributed by atoms with Gasteiger partial charge in [0, 0.05) is 61.4 Å². The molecule has 0 unspecified atom stereocenters. The number of phenolic OH excluding ortho intramolecular Hbond substituents is 1. The number of anilines is 1. The first-order valence-corrected chi connectivity index (χ1v) is 18.7. The van der Waals surface area contributed by atoms with E-state index < -0.39 is 42.6 Å². The van der Waals surface area contributed by atoms with Crippen molar-refractivity contribution in [3.05, 3.63) is 89.8 Å². The Kier molecular flexibility index (Phi) is 14.9. The number of benzene rings is 2. The second kappa shape index (κ2) is 20.0. The molecule has 5 rings (SSSR count). The van der Waals surface area contributed by atoms with E-state index in [-0.39, 0.29) is 42.0 Å². The van der Waals surface area contributed by atoms with E-state index in [1.165, 1.54) is 18.2 Å². The third kappa shape index (κ3) is 11.6. The minimum Gasteiger partial charge on any atom is -0.508 e. The largest absolute Gasteiger partial charge is 0.508 e. The summed E-state index contributed by atoms with van der Waals surface area (Å²) in [5.41, 5.74) is 7.71. The number of nitrogens with zero attached hydrogens (tertiary/aromatic N) is 2. The second-order valence-electron chi connectivity index (χ2n) is 14.0. The van der Waals surface area contributed by atoms with Gasteiger partial charge >= 0.3 is 5.97 Å². The molecule has 0 radical (unpaired) electrons. The highest BCUT2D eigenvalue weighted by Gasteiger charge is 2.48. The van der Waals surface area contributed by atoms with Crippen molar-refractivity contribution >= 4 is 35.5 Å². The van der Waals surface area contributed by atoms with Gasteiger partial charge in [-0.05, 0) is 73.7 Å². The summed E-state index contributed by atoms with van der Waals surface area (Å²) in [6.07, 6.45) is 2.47. The molecule has 2 aromatic carbocycles. The van der Waals surface area contributed by atoms with Crippen LogP contribution in [0.4, 0.5) is 5.69 Å². The van der Waals surface area contributed by atoms with Gasteiger partial charge in [0.1, 0.15) is 29.8 Å². The molecule has 9 N–H and O–H groups in total. The third-order valence-electron chi connectivity index (χ3n) is 9.75. The quantitative estimate of drug-likeness (QED) is 0.0580. The monoisotopic (exact) mass is 776 g/mol. The van der Waals surface area contributed by atoms with Crippen LogP contribution in [0.15, 0.2) is 73.1 Å². The number of ether oxygens (including phenoxy) is 2. The van der Waals surface area contributed by atoms with Gasteiger partial charge in [-0.25, -0.2) is 9.36 Å². The number of aliphatic carboxylic acids is 1. The van der Waals surface area contributed by atoms with Gasteiger partial charge in [-0.15, -0.1) is 0 Å². The van der Waals surface area contributed by atoms with E-state index in [1.54, 1.807) is 36.4 Å². The van der Waals surface area contributed by atoms with E-state index in [0.29, 0.717) is 37.7 Å². The van der Waals surface area contributed by atoms with Crippen LogP contribution in [0.3, 0.4) is 0 Å². The Morgan fingerprint density at radius 3 is 2.50 bits per heavy atom. The maximum atomic E-state index is 12.7. The Hall–Kier alpha value is -5.39. The predicted octanol–water partition coefficient (Wildman–Crippen LogP) is 1.14. The maximum absolute atomic E-state index is 12.7. The van der Waals surface area contributed by atoms with Crippen molar-refractivity contribution in [1.82, 2.24) is 10.2 Å². The molecule has 16 heteroatoms. The number of phenols is 1. The number of carbonyl (C=O) groups excluding carboxylic acids is 3. The van der Waals surface area contributed by atoms with E-state index in [4.69, 9.17) is 15.2 Å². The molecule has 2 aliphatic rings. The third-order valence-corrected chi connectivity index (χ3v) is 9.75. The number of hydrogen-bond acceptors (Lipinski definition) is 11. The number of aromatic hydroxyl groups is 1. The number of aliphatic hydroxyl groups excluding tert-OH is 3. The van der Waals surface area contributed by atoms with E-state index in [1.807, 2.05) is 34.0 Å². The molecular formula is C40H50N5O11+. The van der Waals surface area contributed by atoms with Crippen LogP contribution in [0.2, 0.25) is 0 Å². The summed E-state index contributed by atoms with van der Waals surface area (Å²) in [6.45, 7) is 2.35. The molecule has 2 saturated heterocycles. The van der Waals surface area contributed by atoms with Crippen LogP contribution in [0, 0.1) is 5.92 Å². The standard InChI is InChI=1S/C40H49N5O11/c41-16-13-33(48)43-30-21-27(9-11-31(30)55-40-36(51)34(49)35(50)37(56-40)39(53)54)24-44-18-4-6-26(23-44)10-12-32(47)42-17-2-1-5-25-14-19-45(20-15-25)38(52)28-7-3-8-29(46)22-28/h3-4,6-12,18,21-23,25,34-37,40,49-51H,1-2,5,13-17,19-20,24,41H2,(H3-,42,43,46,47,48,53,54)/p+1/b12-10+/t34-,35-,36+,37-,40+/m0/s1. The van der Waals surface area contributed by atoms with E-state index in [9.17, 15) is 44.7 Å². The van der Waals surface area contributed by atoms with Gasteiger partial charge in [0.15, 0.2) is 25.0 Å². The highest BCUT2D eigenvalue weighted by atomic mass is 16.7. The summed E-state index contributed by atoms with van der Waals surface area (Å²) in [4.78, 5) is 51.2. The molecule has 3 aromatic rings. The van der Waals surface area contributed by atoms with Crippen LogP contribution in [0.5, 0.6) is 11.5 Å². The minimum atomic E-state index is -1.89. The Morgan fingerprint density at radius 2 is 1.77 bits per heavy atom. The molecule has 5 atom stereocenters. The summed E-state index contributed by atoms with van der Waals surface area (Å²) < 4.78 is 12.8. The highest BCUT2D eigenvalue weighted by molar-refractivity contribution is 5.95. The first-order valence-electron chi connectivity index (χ1n) is 18.7. The Bertz CT molecular complexity index is 1870. The van der Waals surface area contributed by atoms with Crippen LogP contribution < -0.4 is 25.7 Å². The van der Waals surface area contributed by atoms with Crippen molar-refractivity contribution in [2.24, 2.45) is 11.7 Å². The number of carboxylic acid groups (broad SMARTS) is 1. The topological polar surface area (TPSA) is 245 Å². The van der Waals surface area contributed by atoms with Crippen LogP contribution in [0.1, 0.15) is 60.0 Å². The zero-order valence-corrected chi connectivity index (χ0v) is 30.9. The van der Waals surface area contributed by atoms with Crippen molar-refractivity contribution in [2.45, 2.75) is 75.8 Å². The SMILES string of the molecule is NCCC(=O)Nc1cc(C[n+]2cccc(/C=C/C(=O)NCCCCC3CCN(C(=O)c4cccc(O)c4)CC3)c2)ccc1O[C@@H]1O[C@H](C(=O)O)[C@@H](O)[C@H](O)[C@H]1O. The van der Waals surface area contributed by atoms with Crippen LogP contribution in [-0.4, -0.2) is 111 Å². The zero-order valence-electron chi connectivity index (χ0n) is 30.9. The zero-order chi connectivity index (χ0) is 40.2. The summed E-state index contributed by atoms with van der Waals surface area (Å²) >= 11 is 0. The van der Waals surface area contributed by atoms with E-state index in [2.05, 4.69) is 10.6 Å². The first-order chi connectivity index (χ1) is 26.9. The number of pyridine rings is 1. The number of amides is 3. The summed E-state index contributed by atoms with van der Waals surface area (Å²) in [5, 5.41) is 55.3. The maximum Gasteiger partial charge on any atom is 0.335 e. The fourth-order valence-electron chi connectivity index (χ4n) is 6.69. The fourth-order valence-corrected chi connectivity index (χ4v) is 6.69. The Balaban J connectivity index is 1.09. The van der Waals surface area contributed by atoms with Gasteiger partial charge in [0.05, 0.1) is 5.69 Å². The van der Waals surface area contributed by atoms with Gasteiger partial charge < -0.3 is 56.3 Å². The number of piperidine rings is 1. The lowest BCUT2D eigenvalue weighted by Crippen LogP contribution is -2.61. The second-order valence-corrected chi connectivity index (χ2v) is 14.0. The fraction of sp³-hybridized carbons (Fsp3) is 0.425. The highest BCUT2D eigenvalue weighted by Crippen LogP contribution is 2.31. The van der Waals surface area contributed by atoms with Crippen molar-refractivity contribution < 1.29 is 58.8 Å². The number of nitrogens with two attached hydrogens (primary N) is 1. The molecule has 2 aliphatic heterocycles. The molecule has 0 spiro atoms. The molecular weight excluding hydrogens is 726 g/mol. The molecule has 56 heavy (non-hydrogen) atoms. The lowest BCUT2D eigenvalue weighted by atomic mass is 9.91.